The number of halogens is 3. The van der Waals surface area contributed by atoms with Crippen molar-refractivity contribution >= 4 is 23.9 Å². The monoisotopic (exact) mass is 504 g/mol. The topological polar surface area (TPSA) is 73.4 Å². The number of amides is 1. The van der Waals surface area contributed by atoms with E-state index in [1.54, 1.807) is 17.0 Å². The summed E-state index contributed by atoms with van der Waals surface area (Å²) in [5.74, 6) is 0.850. The molecule has 0 spiro atoms. The lowest BCUT2D eigenvalue weighted by atomic mass is 10.1. The second-order valence-electron chi connectivity index (χ2n) is 8.20. The summed E-state index contributed by atoms with van der Waals surface area (Å²) in [5, 5.41) is 8.50. The fraction of sp³-hybridized carbons (Fsp3) is 0.423. The van der Waals surface area contributed by atoms with Crippen LogP contribution in [0.15, 0.2) is 36.4 Å². The minimum atomic E-state index is -0.476. The van der Waals surface area contributed by atoms with Gasteiger partial charge in [-0.15, -0.1) is 0 Å². The zero-order chi connectivity index (χ0) is 26.3. The Morgan fingerprint density at radius 1 is 1.08 bits per heavy atom. The molecule has 3 rings (SSSR count). The second kappa shape index (κ2) is 15.7. The van der Waals surface area contributed by atoms with Crippen LogP contribution in [-0.2, 0) is 6.54 Å². The quantitative estimate of drug-likeness (QED) is 0.512. The number of aromatic nitrogens is 2. The number of nitrogens with zero attached hydrogens (tertiary/aromatic N) is 4. The number of hydrogen-bond donors (Lipinski definition) is 2. The fourth-order valence-corrected chi connectivity index (χ4v) is 3.93. The molecule has 7 nitrogen and oxygen atoms in total. The lowest BCUT2D eigenvalue weighted by Crippen LogP contribution is -2.49. The Balaban J connectivity index is 0.00000222. The first-order valence-corrected chi connectivity index (χ1v) is 12.0. The van der Waals surface area contributed by atoms with Crippen LogP contribution in [0.5, 0.6) is 0 Å². The highest BCUT2D eigenvalue weighted by atomic mass is 20.0. The normalized spacial score (nSPS) is 15.2. The summed E-state index contributed by atoms with van der Waals surface area (Å²) in [6.45, 7) is 8.77. The Kier molecular flexibility index (Phi) is 12.6. The maximum atomic E-state index is 14.0. The Bertz CT molecular complexity index is 1120. The smallest absolute Gasteiger partial charge is 0.256 e. The molecule has 1 aromatic carbocycles. The SMILES string of the molecule is C\C=C/C=c1/nc(CN2CCN(C(=O)c3ccccc3F)CC2)nc(NCCCNC)/c1=C/C.FF. The van der Waals surface area contributed by atoms with E-state index in [1.165, 1.54) is 12.1 Å². The van der Waals surface area contributed by atoms with E-state index in [2.05, 4.69) is 15.5 Å². The van der Waals surface area contributed by atoms with Crippen LogP contribution in [0.25, 0.3) is 12.2 Å². The summed E-state index contributed by atoms with van der Waals surface area (Å²) < 4.78 is 30.0. The molecular formula is C26H35F3N6O. The minimum Gasteiger partial charge on any atom is -0.369 e. The van der Waals surface area contributed by atoms with Crippen molar-refractivity contribution in [2.24, 2.45) is 0 Å². The fourth-order valence-electron chi connectivity index (χ4n) is 3.93. The number of rotatable bonds is 9. The molecule has 1 saturated heterocycles. The zero-order valence-corrected chi connectivity index (χ0v) is 21.1. The van der Waals surface area contributed by atoms with Crippen molar-refractivity contribution in [3.63, 3.8) is 0 Å². The van der Waals surface area contributed by atoms with E-state index in [4.69, 9.17) is 19.1 Å². The van der Waals surface area contributed by atoms with Gasteiger partial charge in [-0.3, -0.25) is 9.69 Å². The van der Waals surface area contributed by atoms with Crippen molar-refractivity contribution < 1.29 is 18.3 Å². The maximum Gasteiger partial charge on any atom is 0.256 e. The lowest BCUT2D eigenvalue weighted by molar-refractivity contribution is 0.0621. The Labute approximate surface area is 210 Å². The van der Waals surface area contributed by atoms with Gasteiger partial charge in [0, 0.05) is 47.1 Å². The van der Waals surface area contributed by atoms with E-state index >= 15 is 0 Å². The molecule has 36 heavy (non-hydrogen) atoms. The summed E-state index contributed by atoms with van der Waals surface area (Å²) in [6.07, 6.45) is 8.99. The molecule has 1 aliphatic rings. The molecule has 10 heteroatoms. The molecule has 1 aromatic heterocycles. The van der Waals surface area contributed by atoms with Crippen molar-refractivity contribution in [3.8, 4) is 0 Å². The van der Waals surface area contributed by atoms with Gasteiger partial charge in [0.2, 0.25) is 0 Å². The molecule has 1 aliphatic heterocycles. The average molecular weight is 505 g/mol. The van der Waals surface area contributed by atoms with Crippen molar-refractivity contribution in [2.45, 2.75) is 26.8 Å². The Morgan fingerprint density at radius 2 is 1.81 bits per heavy atom. The summed E-state index contributed by atoms with van der Waals surface area (Å²) in [7, 11) is 1.95. The number of benzene rings is 1. The average Bonchev–Trinajstić information content (AvgIpc) is 2.91. The summed E-state index contributed by atoms with van der Waals surface area (Å²) in [5.41, 5.74) is 0.129. The van der Waals surface area contributed by atoms with Crippen LogP contribution in [-0.4, -0.2) is 72.0 Å². The second-order valence-corrected chi connectivity index (χ2v) is 8.20. The first kappa shape index (κ1) is 29.0. The van der Waals surface area contributed by atoms with Gasteiger partial charge in [0.15, 0.2) is 0 Å². The molecule has 0 unspecified atom stereocenters. The third-order valence-corrected chi connectivity index (χ3v) is 5.78. The summed E-state index contributed by atoms with van der Waals surface area (Å²) in [4.78, 5) is 26.3. The first-order chi connectivity index (χ1) is 17.6. The van der Waals surface area contributed by atoms with E-state index in [0.717, 1.165) is 41.7 Å². The van der Waals surface area contributed by atoms with Gasteiger partial charge >= 0.3 is 0 Å². The number of nitrogens with one attached hydrogen (secondary N) is 2. The highest BCUT2D eigenvalue weighted by Crippen LogP contribution is 2.13. The zero-order valence-electron chi connectivity index (χ0n) is 21.1. The highest BCUT2D eigenvalue weighted by molar-refractivity contribution is 5.94. The molecular weight excluding hydrogens is 469 g/mol. The molecule has 0 aliphatic carbocycles. The van der Waals surface area contributed by atoms with E-state index in [9.17, 15) is 9.18 Å². The summed E-state index contributed by atoms with van der Waals surface area (Å²) in [6, 6.07) is 6.15. The van der Waals surface area contributed by atoms with Crippen molar-refractivity contribution in [1.29, 1.82) is 0 Å². The molecule has 196 valence electrons. The predicted octanol–water partition coefficient (Wildman–Crippen LogP) is 2.59. The maximum absolute atomic E-state index is 14.0. The molecule has 0 radical (unpaired) electrons. The van der Waals surface area contributed by atoms with Crippen molar-refractivity contribution in [2.75, 3.05) is 51.6 Å². The molecule has 0 bridgehead atoms. The number of carbonyl (C=O) groups is 1. The minimum absolute atomic E-state index is 0.129. The number of anilines is 1. The van der Waals surface area contributed by atoms with Crippen molar-refractivity contribution in [3.05, 3.63) is 64.2 Å². The first-order valence-electron chi connectivity index (χ1n) is 12.0. The van der Waals surface area contributed by atoms with Gasteiger partial charge in [-0.25, -0.2) is 14.4 Å². The summed E-state index contributed by atoms with van der Waals surface area (Å²) >= 11 is 0. The van der Waals surface area contributed by atoms with Crippen LogP contribution in [0.2, 0.25) is 0 Å². The van der Waals surface area contributed by atoms with Gasteiger partial charge in [-0.05, 0) is 52.1 Å². The Morgan fingerprint density at radius 3 is 2.44 bits per heavy atom. The van der Waals surface area contributed by atoms with Gasteiger partial charge in [0.1, 0.15) is 17.5 Å². The van der Waals surface area contributed by atoms with E-state index < -0.39 is 5.82 Å². The van der Waals surface area contributed by atoms with Crippen LogP contribution in [0, 0.1) is 5.82 Å². The van der Waals surface area contributed by atoms with Crippen LogP contribution in [0.3, 0.4) is 0 Å². The molecule has 2 heterocycles. The molecule has 0 saturated carbocycles. The number of piperazine rings is 1. The van der Waals surface area contributed by atoms with Crippen LogP contribution in [0.4, 0.5) is 19.4 Å². The van der Waals surface area contributed by atoms with Crippen LogP contribution < -0.4 is 21.2 Å². The van der Waals surface area contributed by atoms with Gasteiger partial charge in [-0.1, -0.05) is 30.4 Å². The van der Waals surface area contributed by atoms with E-state index in [1.807, 2.05) is 45.2 Å². The van der Waals surface area contributed by atoms with Gasteiger partial charge in [0.05, 0.1) is 17.5 Å². The number of allylic oxidation sites excluding steroid dienone is 2. The van der Waals surface area contributed by atoms with E-state index in [0.29, 0.717) is 32.7 Å². The van der Waals surface area contributed by atoms with Crippen LogP contribution >= 0.6 is 0 Å². The molecule has 2 aromatic rings. The van der Waals surface area contributed by atoms with Crippen molar-refractivity contribution in [1.82, 2.24) is 25.1 Å². The predicted molar refractivity (Wildman–Crippen MR) is 138 cm³/mol. The number of hydrogen-bond acceptors (Lipinski definition) is 6. The molecule has 1 amide bonds. The lowest BCUT2D eigenvalue weighted by Gasteiger charge is -2.34. The van der Waals surface area contributed by atoms with Gasteiger partial charge < -0.3 is 15.5 Å². The Hall–Kier alpha value is -3.24. The van der Waals surface area contributed by atoms with Gasteiger partial charge in [0.25, 0.3) is 5.91 Å². The third kappa shape index (κ3) is 8.17. The standard InChI is InChI=1S/C26H35FN6O.F2/c1-4-6-12-23-20(5-2)25(29-14-9-13-28-3)31-24(30-23)19-32-15-17-33(18-16-32)26(34)21-10-7-8-11-22(21)27;1-2/h4-8,10-12,28H,9,13-19H2,1-3H3,(H,29,30,31);/b6-4-,20-5+,23-12+;. The molecule has 1 fully saturated rings. The van der Waals surface area contributed by atoms with Gasteiger partial charge in [-0.2, -0.15) is 0 Å². The molecule has 0 atom stereocenters. The van der Waals surface area contributed by atoms with E-state index in [-0.39, 0.29) is 11.5 Å². The highest BCUT2D eigenvalue weighted by Gasteiger charge is 2.24. The van der Waals surface area contributed by atoms with Crippen LogP contribution in [0.1, 0.15) is 36.5 Å². The third-order valence-electron chi connectivity index (χ3n) is 5.78. The largest absolute Gasteiger partial charge is 0.369 e. The molecule has 2 N–H and O–H groups in total. The number of carbonyl (C=O) groups excluding carboxylic acids is 1.